The van der Waals surface area contributed by atoms with Gasteiger partial charge in [-0.15, -0.1) is 6.42 Å². The van der Waals surface area contributed by atoms with Crippen molar-refractivity contribution in [2.45, 2.75) is 66.7 Å². The first-order valence-corrected chi connectivity index (χ1v) is 11.6. The Labute approximate surface area is 192 Å². The van der Waals surface area contributed by atoms with Gasteiger partial charge in [-0.25, -0.2) is 9.37 Å². The van der Waals surface area contributed by atoms with Crippen molar-refractivity contribution in [1.82, 2.24) is 4.98 Å². The maximum absolute atomic E-state index is 14.7. The van der Waals surface area contributed by atoms with Crippen LogP contribution in [-0.4, -0.2) is 4.98 Å². The topological polar surface area (TPSA) is 12.9 Å². The Morgan fingerprint density at radius 3 is 2.59 bits per heavy atom. The van der Waals surface area contributed by atoms with Crippen LogP contribution < -0.4 is 0 Å². The Hall–Kier alpha value is -2.92. The van der Waals surface area contributed by atoms with E-state index in [-0.39, 0.29) is 11.7 Å². The summed E-state index contributed by atoms with van der Waals surface area (Å²) >= 11 is 0. The molecule has 166 valence electrons. The molecule has 0 bridgehead atoms. The first kappa shape index (κ1) is 23.7. The molecule has 1 atom stereocenters. The van der Waals surface area contributed by atoms with Gasteiger partial charge < -0.3 is 0 Å². The van der Waals surface area contributed by atoms with E-state index >= 15 is 0 Å². The lowest BCUT2D eigenvalue weighted by Crippen LogP contribution is -2.12. The Balaban J connectivity index is 2.31. The molecule has 2 heteroatoms. The van der Waals surface area contributed by atoms with E-state index in [1.165, 1.54) is 16.5 Å². The number of aromatic nitrogens is 1. The smallest absolute Gasteiger partial charge is 0.128 e. The molecule has 0 N–H and O–H groups in total. The molecule has 3 rings (SSSR count). The van der Waals surface area contributed by atoms with Crippen LogP contribution in [0, 0.1) is 31.0 Å². The molecule has 1 aromatic heterocycles. The van der Waals surface area contributed by atoms with E-state index in [1.54, 1.807) is 6.07 Å². The van der Waals surface area contributed by atoms with Gasteiger partial charge in [-0.3, -0.25) is 0 Å². The third-order valence-corrected chi connectivity index (χ3v) is 6.94. The molecule has 0 fully saturated rings. The number of rotatable bonds is 7. The van der Waals surface area contributed by atoms with Crippen LogP contribution >= 0.6 is 0 Å². The minimum atomic E-state index is -0.163. The van der Waals surface area contributed by atoms with E-state index in [0.717, 1.165) is 76.7 Å². The summed E-state index contributed by atoms with van der Waals surface area (Å²) in [6.07, 6.45) is 14.5. The average Bonchev–Trinajstić information content (AvgIpc) is 2.81. The normalized spacial score (nSPS) is 15.2. The number of halogens is 1. The van der Waals surface area contributed by atoms with Crippen molar-refractivity contribution in [3.63, 3.8) is 0 Å². The fraction of sp³-hybridized carbons (Fsp3) is 0.367. The second-order valence-electron chi connectivity index (χ2n) is 8.74. The molecule has 1 aliphatic carbocycles. The van der Waals surface area contributed by atoms with Gasteiger partial charge in [0, 0.05) is 22.9 Å². The second kappa shape index (κ2) is 9.70. The highest BCUT2D eigenvalue weighted by atomic mass is 19.1. The zero-order chi connectivity index (χ0) is 23.6. The summed E-state index contributed by atoms with van der Waals surface area (Å²) in [4.78, 5) is 5.02. The Morgan fingerprint density at radius 1 is 1.31 bits per heavy atom. The molecule has 0 saturated heterocycles. The van der Waals surface area contributed by atoms with Crippen LogP contribution in [-0.2, 0) is 19.3 Å². The monoisotopic (exact) mass is 427 g/mol. The van der Waals surface area contributed by atoms with Crippen LogP contribution in [0.2, 0.25) is 0 Å². The lowest BCUT2D eigenvalue weighted by molar-refractivity contribution is 0.615. The van der Waals surface area contributed by atoms with Crippen molar-refractivity contribution >= 4 is 16.5 Å². The van der Waals surface area contributed by atoms with Crippen molar-refractivity contribution in [2.24, 2.45) is 5.92 Å². The maximum atomic E-state index is 14.7. The molecule has 0 radical (unpaired) electrons. The summed E-state index contributed by atoms with van der Waals surface area (Å²) in [5.74, 6) is 2.55. The van der Waals surface area contributed by atoms with Gasteiger partial charge in [0.25, 0.3) is 0 Å². The molecule has 1 heterocycles. The van der Waals surface area contributed by atoms with Gasteiger partial charge in [0.2, 0.25) is 0 Å². The third-order valence-electron chi connectivity index (χ3n) is 6.94. The minimum absolute atomic E-state index is 0.0125. The van der Waals surface area contributed by atoms with Gasteiger partial charge in [-0.2, -0.15) is 0 Å². The van der Waals surface area contributed by atoms with Gasteiger partial charge in [0.1, 0.15) is 5.82 Å². The van der Waals surface area contributed by atoms with Gasteiger partial charge >= 0.3 is 0 Å². The van der Waals surface area contributed by atoms with Crippen molar-refractivity contribution in [2.75, 3.05) is 0 Å². The molecule has 32 heavy (non-hydrogen) atoms. The van der Waals surface area contributed by atoms with Gasteiger partial charge in [0.05, 0.1) is 11.2 Å². The SMILES string of the molecule is C#CC(=C)C(C)C(/C=C(\C)c1nc2cc(F)c(C)c3c2c(c1CC)CCC3)=C(/C=C)CC. The van der Waals surface area contributed by atoms with Crippen molar-refractivity contribution < 1.29 is 4.39 Å². The maximum Gasteiger partial charge on any atom is 0.128 e. The summed E-state index contributed by atoms with van der Waals surface area (Å²) < 4.78 is 14.7. The van der Waals surface area contributed by atoms with Crippen LogP contribution in [0.15, 0.2) is 48.1 Å². The number of nitrogens with zero attached hydrogens (tertiary/aromatic N) is 1. The fourth-order valence-corrected chi connectivity index (χ4v) is 5.01. The van der Waals surface area contributed by atoms with Crippen molar-refractivity contribution in [3.8, 4) is 12.3 Å². The number of allylic oxidation sites excluding steroid dienone is 6. The van der Waals surface area contributed by atoms with Crippen LogP contribution in [0.4, 0.5) is 4.39 Å². The molecule has 1 aliphatic rings. The predicted molar refractivity (Wildman–Crippen MR) is 136 cm³/mol. The van der Waals surface area contributed by atoms with Gasteiger partial charge in [-0.1, -0.05) is 52.0 Å². The standard InChI is InChI=1S/C30H34FN/c1-9-18(5)20(7)26(22(10-2)11-3)16-19(6)30-23(12-4)25-15-13-14-24-21(8)27(31)17-28(32-30)29(24)25/h1,10,16-17,20H,2,5,11-15H2,3-4,6-8H3/b19-16+,26-22-. The molecule has 0 aliphatic heterocycles. The van der Waals surface area contributed by atoms with Gasteiger partial charge in [-0.05, 0) is 84.9 Å². The zero-order valence-corrected chi connectivity index (χ0v) is 20.2. The molecule has 0 spiro atoms. The predicted octanol–water partition coefficient (Wildman–Crippen LogP) is 7.85. The van der Waals surface area contributed by atoms with E-state index in [4.69, 9.17) is 11.4 Å². The summed E-state index contributed by atoms with van der Waals surface area (Å²) in [5, 5.41) is 1.17. The molecule has 0 amide bonds. The fourth-order valence-electron chi connectivity index (χ4n) is 5.01. The lowest BCUT2D eigenvalue weighted by atomic mass is 9.82. The van der Waals surface area contributed by atoms with Gasteiger partial charge in [0.15, 0.2) is 0 Å². The molecule has 1 nitrogen and oxygen atoms in total. The molecule has 1 aromatic carbocycles. The zero-order valence-electron chi connectivity index (χ0n) is 20.2. The largest absolute Gasteiger partial charge is 0.248 e. The van der Waals surface area contributed by atoms with E-state index in [9.17, 15) is 4.39 Å². The molecule has 0 saturated carbocycles. The summed E-state index contributed by atoms with van der Waals surface area (Å²) in [6, 6.07) is 1.61. The summed E-state index contributed by atoms with van der Waals surface area (Å²) in [7, 11) is 0. The lowest BCUT2D eigenvalue weighted by Gasteiger charge is -2.24. The Morgan fingerprint density at radius 2 is 2.00 bits per heavy atom. The number of hydrogen-bond donors (Lipinski definition) is 0. The Kier molecular flexibility index (Phi) is 7.19. The van der Waals surface area contributed by atoms with Crippen molar-refractivity contribution in [1.29, 1.82) is 0 Å². The first-order valence-electron chi connectivity index (χ1n) is 11.6. The minimum Gasteiger partial charge on any atom is -0.248 e. The molecule has 2 aromatic rings. The molecular weight excluding hydrogens is 393 g/mol. The first-order chi connectivity index (χ1) is 15.3. The second-order valence-corrected chi connectivity index (χ2v) is 8.74. The van der Waals surface area contributed by atoms with E-state index in [1.807, 2.05) is 13.0 Å². The van der Waals surface area contributed by atoms with E-state index in [0.29, 0.717) is 0 Å². The van der Waals surface area contributed by atoms with Crippen LogP contribution in [0.5, 0.6) is 0 Å². The number of benzene rings is 1. The number of terminal acetylenes is 1. The third kappa shape index (κ3) is 4.09. The van der Waals surface area contributed by atoms with Crippen LogP contribution in [0.25, 0.3) is 16.5 Å². The quantitative estimate of drug-likeness (QED) is 0.324. The van der Waals surface area contributed by atoms with Crippen LogP contribution in [0.1, 0.15) is 68.5 Å². The highest BCUT2D eigenvalue weighted by molar-refractivity contribution is 5.91. The van der Waals surface area contributed by atoms with E-state index in [2.05, 4.69) is 52.8 Å². The highest BCUT2D eigenvalue weighted by Crippen LogP contribution is 2.38. The Bertz CT molecular complexity index is 1200. The highest BCUT2D eigenvalue weighted by Gasteiger charge is 2.23. The number of pyridine rings is 1. The number of aryl methyl sites for hydroxylation is 2. The summed E-state index contributed by atoms with van der Waals surface area (Å²) in [6.45, 7) is 18.5. The average molecular weight is 428 g/mol. The van der Waals surface area contributed by atoms with Crippen molar-refractivity contribution in [3.05, 3.63) is 81.9 Å². The number of hydrogen-bond acceptors (Lipinski definition) is 1. The molecular formula is C30H34FN. The summed E-state index contributed by atoms with van der Waals surface area (Å²) in [5.41, 5.74) is 10.3. The van der Waals surface area contributed by atoms with Crippen LogP contribution in [0.3, 0.4) is 0 Å². The van der Waals surface area contributed by atoms with E-state index < -0.39 is 0 Å². The molecule has 1 unspecified atom stereocenters.